The summed E-state index contributed by atoms with van der Waals surface area (Å²) in [6.07, 6.45) is 0.528. The Morgan fingerprint density at radius 3 is 3.00 bits per heavy atom. The van der Waals surface area contributed by atoms with Crippen molar-refractivity contribution in [3.8, 4) is 11.2 Å². The first-order valence-electron chi connectivity index (χ1n) is 3.72. The quantitative estimate of drug-likeness (QED) is 0.500. The number of hydrogen-bond donors (Lipinski definition) is 2. The lowest BCUT2D eigenvalue weighted by Gasteiger charge is -2.04. The van der Waals surface area contributed by atoms with Crippen molar-refractivity contribution >= 4 is 44.2 Å². The van der Waals surface area contributed by atoms with Crippen LogP contribution in [0, 0.1) is 10.7 Å². The highest BCUT2D eigenvalue weighted by atomic mass is 79.9. The lowest BCUT2D eigenvalue weighted by molar-refractivity contribution is 0.467. The van der Waals surface area contributed by atoms with Crippen molar-refractivity contribution in [3.63, 3.8) is 0 Å². The fourth-order valence-corrected chi connectivity index (χ4v) is 2.20. The molecule has 0 unspecified atom stereocenters. The number of halogens is 2. The largest absolute Gasteiger partial charge is 0.506 e. The number of aromatic hydroxyl groups is 1. The number of nitrogens with zero attached hydrogens (tertiary/aromatic N) is 1. The maximum absolute atomic E-state index is 9.61. The molecule has 1 aromatic rings. The van der Waals surface area contributed by atoms with Crippen molar-refractivity contribution in [2.75, 3.05) is 0 Å². The van der Waals surface area contributed by atoms with Gasteiger partial charge in [-0.3, -0.25) is 0 Å². The highest BCUT2D eigenvalue weighted by molar-refractivity contribution is 9.10. The van der Waals surface area contributed by atoms with E-state index in [2.05, 4.69) is 15.9 Å². The maximum Gasteiger partial charge on any atom is 0.133 e. The summed E-state index contributed by atoms with van der Waals surface area (Å²) in [5.74, 6) is 0.179. The first-order valence-corrected chi connectivity index (χ1v) is 5.86. The zero-order valence-electron chi connectivity index (χ0n) is 7.04. The van der Waals surface area contributed by atoms with E-state index >= 15 is 0 Å². The second-order valence-electron chi connectivity index (χ2n) is 2.51. The molecule has 0 aliphatic rings. The van der Waals surface area contributed by atoms with Gasteiger partial charge in [0.05, 0.1) is 4.47 Å². The Morgan fingerprint density at radius 1 is 1.64 bits per heavy atom. The minimum Gasteiger partial charge on any atom is -0.506 e. The molecule has 0 amide bonds. The molecule has 0 radical (unpaired) electrons. The van der Waals surface area contributed by atoms with Gasteiger partial charge in [0.25, 0.3) is 0 Å². The van der Waals surface area contributed by atoms with Gasteiger partial charge >= 0.3 is 0 Å². The van der Waals surface area contributed by atoms with E-state index in [-0.39, 0.29) is 5.75 Å². The number of thiocyanates is 1. The van der Waals surface area contributed by atoms with Crippen LogP contribution in [-0.4, -0.2) is 10.5 Å². The van der Waals surface area contributed by atoms with Crippen LogP contribution in [0.4, 0.5) is 0 Å². The van der Waals surface area contributed by atoms with Gasteiger partial charge in [-0.15, -0.1) is 11.4 Å². The van der Waals surface area contributed by atoms with E-state index in [1.807, 2.05) is 5.40 Å². The molecule has 1 N–H and O–H groups in total. The molecule has 0 atom stereocenters. The fraction of sp³-hybridized carbons (Fsp3) is 0.111. The number of hydrogen-bond acceptors (Lipinski definition) is 2. The summed E-state index contributed by atoms with van der Waals surface area (Å²) in [6, 6.07) is 3.31. The first kappa shape index (κ1) is 11.6. The van der Waals surface area contributed by atoms with E-state index in [4.69, 9.17) is 16.9 Å². The Morgan fingerprint density at radius 2 is 2.36 bits per heavy atom. The molecule has 0 saturated heterocycles. The number of benzene rings is 1. The Bertz CT molecular complexity index is 414. The van der Waals surface area contributed by atoms with Crippen molar-refractivity contribution in [3.05, 3.63) is 27.2 Å². The van der Waals surface area contributed by atoms with Crippen molar-refractivity contribution in [1.29, 1.82) is 5.26 Å². The van der Waals surface area contributed by atoms with Crippen molar-refractivity contribution in [1.82, 2.24) is 0 Å². The van der Waals surface area contributed by atoms with Crippen LogP contribution < -0.4 is 0 Å². The van der Waals surface area contributed by atoms with E-state index in [1.165, 1.54) is 0 Å². The molecule has 74 valence electrons. The molecule has 0 aliphatic heterocycles. The van der Waals surface area contributed by atoms with Crippen LogP contribution in [0.15, 0.2) is 16.6 Å². The summed E-state index contributed by atoms with van der Waals surface area (Å²) in [4.78, 5) is 0. The van der Waals surface area contributed by atoms with Gasteiger partial charge in [0, 0.05) is 17.0 Å². The van der Waals surface area contributed by atoms with Gasteiger partial charge in [-0.1, -0.05) is 11.6 Å². The number of phenols is 1. The molecule has 1 rings (SSSR count). The SMILES string of the molecule is N#C[SH]=CCc1cc(Cl)cc(Br)c1O. The van der Waals surface area contributed by atoms with Gasteiger partial charge in [-0.25, -0.2) is 0 Å². The molecule has 0 fully saturated rings. The van der Waals surface area contributed by atoms with Gasteiger partial charge in [0.2, 0.25) is 0 Å². The summed E-state index contributed by atoms with van der Waals surface area (Å²) >= 11 is 9.59. The average Bonchev–Trinajstić information content (AvgIpc) is 2.13. The third-order valence-corrected chi connectivity index (χ3v) is 2.87. The highest BCUT2D eigenvalue weighted by Gasteiger charge is 2.05. The molecule has 0 aliphatic carbocycles. The lowest BCUT2D eigenvalue weighted by atomic mass is 10.1. The summed E-state index contributed by atoms with van der Waals surface area (Å²) < 4.78 is 0.571. The van der Waals surface area contributed by atoms with E-state index in [9.17, 15) is 5.11 Å². The minimum atomic E-state index is 0.179. The van der Waals surface area contributed by atoms with E-state index < -0.39 is 0 Å². The number of phenolic OH excluding ortho intramolecular Hbond substituents is 1. The first-order chi connectivity index (χ1) is 6.65. The summed E-state index contributed by atoms with van der Waals surface area (Å²) in [5.41, 5.74) is 0.715. The van der Waals surface area contributed by atoms with Gasteiger partial charge in [-0.2, -0.15) is 5.26 Å². The van der Waals surface area contributed by atoms with Crippen LogP contribution in [0.3, 0.4) is 0 Å². The molecular formula is C9H7BrClNOS. The highest BCUT2D eigenvalue weighted by Crippen LogP contribution is 2.31. The average molecular weight is 293 g/mol. The molecule has 1 aromatic carbocycles. The van der Waals surface area contributed by atoms with Crippen LogP contribution in [0.1, 0.15) is 5.56 Å². The van der Waals surface area contributed by atoms with Crippen molar-refractivity contribution in [2.24, 2.45) is 0 Å². The third kappa shape index (κ3) is 3.02. The monoisotopic (exact) mass is 291 g/mol. The van der Waals surface area contributed by atoms with Crippen molar-refractivity contribution < 1.29 is 5.11 Å². The second-order valence-corrected chi connectivity index (χ2v) is 4.63. The van der Waals surface area contributed by atoms with Gasteiger partial charge < -0.3 is 5.11 Å². The van der Waals surface area contributed by atoms with Gasteiger partial charge in [0.1, 0.15) is 11.2 Å². The predicted molar refractivity (Wildman–Crippen MR) is 65.2 cm³/mol. The van der Waals surface area contributed by atoms with Crippen LogP contribution in [0.5, 0.6) is 5.75 Å². The second kappa shape index (κ2) is 5.40. The normalized spacial score (nSPS) is 10.9. The smallest absolute Gasteiger partial charge is 0.133 e. The Hall–Kier alpha value is -0.500. The Labute approximate surface area is 99.2 Å². The summed E-state index contributed by atoms with van der Waals surface area (Å²) in [5, 5.41) is 22.2. The number of thiol groups is 1. The minimum absolute atomic E-state index is 0.179. The molecule has 0 spiro atoms. The zero-order chi connectivity index (χ0) is 10.6. The Balaban J connectivity index is 2.97. The maximum atomic E-state index is 9.61. The predicted octanol–water partition coefficient (Wildman–Crippen LogP) is 3.10. The zero-order valence-corrected chi connectivity index (χ0v) is 10.3. The van der Waals surface area contributed by atoms with Crippen molar-refractivity contribution in [2.45, 2.75) is 6.42 Å². The molecular weight excluding hydrogens is 286 g/mol. The van der Waals surface area contributed by atoms with Gasteiger partial charge in [0.15, 0.2) is 0 Å². The third-order valence-electron chi connectivity index (χ3n) is 1.57. The van der Waals surface area contributed by atoms with E-state index in [1.54, 1.807) is 17.5 Å². The van der Waals surface area contributed by atoms with Gasteiger partial charge in [-0.05, 0) is 33.4 Å². The summed E-state index contributed by atoms with van der Waals surface area (Å²) in [6.45, 7) is 0. The molecule has 0 saturated carbocycles. The van der Waals surface area contributed by atoms with E-state index in [0.29, 0.717) is 32.8 Å². The molecule has 5 heteroatoms. The Kier molecular flexibility index (Phi) is 4.46. The fourth-order valence-electron chi connectivity index (χ4n) is 0.960. The van der Waals surface area contributed by atoms with Crippen LogP contribution >= 0.6 is 38.9 Å². The standard InChI is InChI=1S/C9H7BrClNOS/c10-8-4-7(11)3-6(9(8)13)1-2-14-5-12/h2-4,13-14H,1H2. The van der Waals surface area contributed by atoms with Crippen LogP contribution in [-0.2, 0) is 6.42 Å². The van der Waals surface area contributed by atoms with Crippen LogP contribution in [0.2, 0.25) is 5.02 Å². The molecule has 14 heavy (non-hydrogen) atoms. The lowest BCUT2D eigenvalue weighted by Crippen LogP contribution is -1.87. The molecule has 0 heterocycles. The summed E-state index contributed by atoms with van der Waals surface area (Å²) in [7, 11) is 0. The number of nitriles is 1. The number of rotatable bonds is 2. The van der Waals surface area contributed by atoms with Crippen LogP contribution in [0.25, 0.3) is 0 Å². The molecule has 2 nitrogen and oxygen atoms in total. The molecule has 0 aromatic heterocycles. The topological polar surface area (TPSA) is 44.0 Å². The molecule has 0 bridgehead atoms. The van der Waals surface area contributed by atoms with E-state index in [0.717, 1.165) is 0 Å².